The van der Waals surface area contributed by atoms with E-state index < -0.39 is 5.60 Å². The van der Waals surface area contributed by atoms with Crippen molar-refractivity contribution in [1.29, 1.82) is 0 Å². The Balaban J connectivity index is 1.94. The molecule has 132 valence electrons. The summed E-state index contributed by atoms with van der Waals surface area (Å²) in [6, 6.07) is 7.99. The third kappa shape index (κ3) is 2.85. The van der Waals surface area contributed by atoms with Crippen LogP contribution in [0.4, 0.5) is 5.82 Å². The first-order valence-electron chi connectivity index (χ1n) is 8.95. The predicted octanol–water partition coefficient (Wildman–Crippen LogP) is 2.66. The van der Waals surface area contributed by atoms with Gasteiger partial charge in [-0.05, 0) is 25.3 Å². The lowest BCUT2D eigenvalue weighted by molar-refractivity contribution is -0.0634. The first-order valence-corrected chi connectivity index (χ1v) is 8.95. The maximum Gasteiger partial charge on any atom is 0.152 e. The minimum Gasteiger partial charge on any atom is -0.389 e. The fourth-order valence-corrected chi connectivity index (χ4v) is 3.74. The maximum absolute atomic E-state index is 11.1. The van der Waals surface area contributed by atoms with Crippen LogP contribution in [0.5, 0.6) is 0 Å². The summed E-state index contributed by atoms with van der Waals surface area (Å²) in [5, 5.41) is 17.9. The van der Waals surface area contributed by atoms with E-state index in [2.05, 4.69) is 18.0 Å². The lowest BCUT2D eigenvalue weighted by Gasteiger charge is -2.32. The first-order chi connectivity index (χ1) is 12.1. The van der Waals surface area contributed by atoms with Crippen LogP contribution in [0.1, 0.15) is 31.9 Å². The van der Waals surface area contributed by atoms with Crippen molar-refractivity contribution < 1.29 is 9.84 Å². The van der Waals surface area contributed by atoms with Gasteiger partial charge in [0, 0.05) is 42.6 Å². The van der Waals surface area contributed by atoms with E-state index in [1.807, 2.05) is 22.9 Å². The van der Waals surface area contributed by atoms with Crippen molar-refractivity contribution in [2.75, 3.05) is 18.9 Å². The Morgan fingerprint density at radius 3 is 2.80 bits per heavy atom. The zero-order valence-electron chi connectivity index (χ0n) is 14.5. The molecule has 1 saturated heterocycles. The number of aromatic nitrogens is 3. The molecule has 0 atom stereocenters. The Morgan fingerprint density at radius 2 is 2.04 bits per heavy atom. The number of fused-ring (bicyclic) bond motifs is 3. The van der Waals surface area contributed by atoms with E-state index >= 15 is 0 Å². The number of hydrogen-bond donors (Lipinski definition) is 2. The Bertz CT molecular complexity index is 913. The highest BCUT2D eigenvalue weighted by atomic mass is 16.5. The molecule has 3 aromatic rings. The van der Waals surface area contributed by atoms with Crippen LogP contribution in [0.2, 0.25) is 0 Å². The van der Waals surface area contributed by atoms with Crippen molar-refractivity contribution in [2.45, 2.75) is 44.8 Å². The zero-order valence-corrected chi connectivity index (χ0v) is 14.5. The summed E-state index contributed by atoms with van der Waals surface area (Å²) in [6.45, 7) is 4.12. The monoisotopic (exact) mass is 340 g/mol. The van der Waals surface area contributed by atoms with Crippen LogP contribution in [0.25, 0.3) is 21.8 Å². The Labute approximate surface area is 146 Å². The molecule has 0 unspecified atom stereocenters. The SMILES string of the molecule is CCCn1nc2c(N)nc3ccccc3c2c1CC1(O)CCOCC1. The second-order valence-electron chi connectivity index (χ2n) is 6.92. The molecule has 3 N–H and O–H groups in total. The number of para-hydroxylation sites is 1. The van der Waals surface area contributed by atoms with E-state index in [-0.39, 0.29) is 0 Å². The summed E-state index contributed by atoms with van der Waals surface area (Å²) in [6.07, 6.45) is 2.81. The van der Waals surface area contributed by atoms with Gasteiger partial charge in [-0.15, -0.1) is 0 Å². The van der Waals surface area contributed by atoms with Crippen LogP contribution in [-0.4, -0.2) is 38.7 Å². The molecule has 1 fully saturated rings. The van der Waals surface area contributed by atoms with Gasteiger partial charge in [-0.3, -0.25) is 4.68 Å². The zero-order chi connectivity index (χ0) is 17.4. The van der Waals surface area contributed by atoms with E-state index in [0.717, 1.165) is 40.5 Å². The average Bonchev–Trinajstić information content (AvgIpc) is 2.95. The number of benzene rings is 1. The summed E-state index contributed by atoms with van der Waals surface area (Å²) < 4.78 is 7.43. The van der Waals surface area contributed by atoms with Crippen LogP contribution in [0, 0.1) is 0 Å². The second kappa shape index (κ2) is 6.28. The minimum absolute atomic E-state index is 0.448. The minimum atomic E-state index is -0.754. The number of aliphatic hydroxyl groups is 1. The smallest absolute Gasteiger partial charge is 0.152 e. The Kier molecular flexibility index (Phi) is 4.09. The fraction of sp³-hybridized carbons (Fsp3) is 0.474. The highest BCUT2D eigenvalue weighted by molar-refractivity contribution is 6.09. The van der Waals surface area contributed by atoms with Crippen LogP contribution in [0.15, 0.2) is 24.3 Å². The summed E-state index contributed by atoms with van der Waals surface area (Å²) in [7, 11) is 0. The Hall–Kier alpha value is -2.18. The lowest BCUT2D eigenvalue weighted by atomic mass is 9.88. The van der Waals surface area contributed by atoms with Gasteiger partial charge in [-0.2, -0.15) is 5.10 Å². The molecule has 0 aliphatic carbocycles. The predicted molar refractivity (Wildman–Crippen MR) is 98.4 cm³/mol. The molecule has 0 spiro atoms. The number of ether oxygens (including phenoxy) is 1. The standard InChI is InChI=1S/C19H24N4O2/c1-2-9-23-15(12-19(24)7-10-25-11-8-19)16-13-5-3-4-6-14(13)21-18(20)17(16)22-23/h3-6,24H,2,7-12H2,1H3,(H2,20,21). The van der Waals surface area contributed by atoms with Crippen molar-refractivity contribution in [1.82, 2.24) is 14.8 Å². The quantitative estimate of drug-likeness (QED) is 0.762. The molecule has 4 rings (SSSR count). The number of anilines is 1. The highest BCUT2D eigenvalue weighted by Crippen LogP contribution is 2.34. The van der Waals surface area contributed by atoms with E-state index in [1.54, 1.807) is 0 Å². The molecule has 25 heavy (non-hydrogen) atoms. The van der Waals surface area contributed by atoms with E-state index in [9.17, 15) is 5.11 Å². The van der Waals surface area contributed by atoms with Gasteiger partial charge in [-0.1, -0.05) is 25.1 Å². The number of hydrogen-bond acceptors (Lipinski definition) is 5. The molecule has 0 bridgehead atoms. The van der Waals surface area contributed by atoms with Gasteiger partial charge >= 0.3 is 0 Å². The molecule has 0 saturated carbocycles. The van der Waals surface area contributed by atoms with Gasteiger partial charge in [-0.25, -0.2) is 4.98 Å². The second-order valence-corrected chi connectivity index (χ2v) is 6.92. The van der Waals surface area contributed by atoms with Crippen molar-refractivity contribution in [3.63, 3.8) is 0 Å². The molecular weight excluding hydrogens is 316 g/mol. The number of nitrogens with two attached hydrogens (primary N) is 1. The average molecular weight is 340 g/mol. The van der Waals surface area contributed by atoms with Gasteiger partial charge in [0.25, 0.3) is 0 Å². The molecule has 6 heteroatoms. The molecule has 1 aliphatic rings. The molecule has 0 radical (unpaired) electrons. The number of nitrogen functional groups attached to an aromatic ring is 1. The summed E-state index contributed by atoms with van der Waals surface area (Å²) in [4.78, 5) is 4.50. The molecule has 3 heterocycles. The highest BCUT2D eigenvalue weighted by Gasteiger charge is 2.33. The van der Waals surface area contributed by atoms with E-state index in [4.69, 9.17) is 15.6 Å². The van der Waals surface area contributed by atoms with Gasteiger partial charge in [0.1, 0.15) is 5.52 Å². The van der Waals surface area contributed by atoms with Crippen molar-refractivity contribution in [2.24, 2.45) is 0 Å². The molecule has 0 amide bonds. The summed E-state index contributed by atoms with van der Waals surface area (Å²) in [5.74, 6) is 0.448. The van der Waals surface area contributed by atoms with Crippen LogP contribution in [-0.2, 0) is 17.7 Å². The van der Waals surface area contributed by atoms with E-state index in [1.165, 1.54) is 0 Å². The van der Waals surface area contributed by atoms with Crippen molar-refractivity contribution >= 4 is 27.6 Å². The number of aryl methyl sites for hydroxylation is 1. The van der Waals surface area contributed by atoms with E-state index in [0.29, 0.717) is 38.3 Å². The van der Waals surface area contributed by atoms with Crippen LogP contribution in [0.3, 0.4) is 0 Å². The van der Waals surface area contributed by atoms with Gasteiger partial charge < -0.3 is 15.6 Å². The van der Waals surface area contributed by atoms with Gasteiger partial charge in [0.05, 0.1) is 11.1 Å². The third-order valence-electron chi connectivity index (χ3n) is 5.07. The fourth-order valence-electron chi connectivity index (χ4n) is 3.74. The van der Waals surface area contributed by atoms with Gasteiger partial charge in [0.15, 0.2) is 5.82 Å². The number of rotatable bonds is 4. The van der Waals surface area contributed by atoms with Crippen molar-refractivity contribution in [3.05, 3.63) is 30.0 Å². The Morgan fingerprint density at radius 1 is 1.28 bits per heavy atom. The molecule has 6 nitrogen and oxygen atoms in total. The summed E-state index contributed by atoms with van der Waals surface area (Å²) in [5.41, 5.74) is 8.09. The molecule has 1 aliphatic heterocycles. The topological polar surface area (TPSA) is 86.2 Å². The first kappa shape index (κ1) is 16.3. The molecule has 2 aromatic heterocycles. The maximum atomic E-state index is 11.1. The molecular formula is C19H24N4O2. The largest absolute Gasteiger partial charge is 0.389 e. The normalized spacial score (nSPS) is 17.4. The third-order valence-corrected chi connectivity index (χ3v) is 5.07. The lowest BCUT2D eigenvalue weighted by Crippen LogP contribution is -2.38. The van der Waals surface area contributed by atoms with Gasteiger partial charge in [0.2, 0.25) is 0 Å². The number of pyridine rings is 1. The van der Waals surface area contributed by atoms with Crippen molar-refractivity contribution in [3.8, 4) is 0 Å². The van der Waals surface area contributed by atoms with Crippen LogP contribution >= 0.6 is 0 Å². The summed E-state index contributed by atoms with van der Waals surface area (Å²) >= 11 is 0. The molecule has 1 aromatic carbocycles. The number of nitrogens with zero attached hydrogens (tertiary/aromatic N) is 3. The van der Waals surface area contributed by atoms with Crippen LogP contribution < -0.4 is 5.73 Å².